The average Bonchev–Trinajstić information content (AvgIpc) is 2.77. The third kappa shape index (κ3) is 6.39. The number of rotatable bonds is 7. The first-order valence-corrected chi connectivity index (χ1v) is 10.3. The predicted molar refractivity (Wildman–Crippen MR) is 127 cm³/mol. The molecule has 0 aliphatic rings. The molecule has 0 aliphatic carbocycles. The van der Waals surface area contributed by atoms with Crippen LogP contribution in [0.2, 0.25) is 0 Å². The van der Waals surface area contributed by atoms with Gasteiger partial charge in [-0.25, -0.2) is 0 Å². The van der Waals surface area contributed by atoms with Crippen LogP contribution in [0.3, 0.4) is 0 Å². The summed E-state index contributed by atoms with van der Waals surface area (Å²) in [6, 6.07) is 19.9. The lowest BCUT2D eigenvalue weighted by atomic mass is 9.87. The molecule has 0 unspecified atom stereocenters. The number of nitrogens with one attached hydrogen (secondary N) is 2. The molecule has 0 radical (unpaired) electrons. The predicted octanol–water partition coefficient (Wildman–Crippen LogP) is 5.16. The van der Waals surface area contributed by atoms with Crippen molar-refractivity contribution in [1.29, 1.82) is 0 Å². The van der Waals surface area contributed by atoms with Gasteiger partial charge in [-0.1, -0.05) is 51.1 Å². The van der Waals surface area contributed by atoms with Gasteiger partial charge >= 0.3 is 5.69 Å². The van der Waals surface area contributed by atoms with E-state index < -0.39 is 17.4 Å². The molecule has 3 aromatic rings. The lowest BCUT2D eigenvalue weighted by Crippen LogP contribution is -2.20. The summed E-state index contributed by atoms with van der Waals surface area (Å²) in [4.78, 5) is 35.3. The highest BCUT2D eigenvalue weighted by molar-refractivity contribution is 6.04. The minimum absolute atomic E-state index is 0.00329. The third-order valence-corrected chi connectivity index (χ3v) is 4.84. The molecule has 2 amide bonds. The number of carbonyl (C=O) groups excluding carboxylic acids is 2. The second-order valence-electron chi connectivity index (χ2n) is 8.42. The van der Waals surface area contributed by atoms with E-state index in [9.17, 15) is 19.7 Å². The summed E-state index contributed by atoms with van der Waals surface area (Å²) in [5.74, 6) is -0.746. The van der Waals surface area contributed by atoms with E-state index in [2.05, 4.69) is 31.4 Å². The first kappa shape index (κ1) is 23.5. The molecular weight excluding hydrogens is 422 g/mol. The van der Waals surface area contributed by atoms with E-state index in [-0.39, 0.29) is 22.8 Å². The highest BCUT2D eigenvalue weighted by Gasteiger charge is 2.16. The van der Waals surface area contributed by atoms with Crippen LogP contribution in [0.5, 0.6) is 5.75 Å². The normalized spacial score (nSPS) is 10.9. The number of amides is 2. The smallest absolute Gasteiger partial charge is 0.310 e. The lowest BCUT2D eigenvalue weighted by molar-refractivity contribution is -0.385. The monoisotopic (exact) mass is 447 g/mol. The molecule has 0 atom stereocenters. The number of ether oxygens (including phenoxy) is 1. The molecule has 0 aromatic heterocycles. The number of carbonyl (C=O) groups is 2. The van der Waals surface area contributed by atoms with Crippen LogP contribution in [-0.2, 0) is 10.2 Å². The van der Waals surface area contributed by atoms with Gasteiger partial charge in [0.15, 0.2) is 12.4 Å². The van der Waals surface area contributed by atoms with E-state index in [0.717, 1.165) is 5.56 Å². The van der Waals surface area contributed by atoms with Crippen molar-refractivity contribution < 1.29 is 19.2 Å². The molecule has 0 spiro atoms. The van der Waals surface area contributed by atoms with Crippen molar-refractivity contribution >= 4 is 28.9 Å². The van der Waals surface area contributed by atoms with Gasteiger partial charge in [-0.05, 0) is 47.4 Å². The molecule has 0 heterocycles. The Morgan fingerprint density at radius 2 is 1.55 bits per heavy atom. The topological polar surface area (TPSA) is 111 Å². The van der Waals surface area contributed by atoms with E-state index in [1.54, 1.807) is 42.5 Å². The first-order valence-electron chi connectivity index (χ1n) is 10.3. The summed E-state index contributed by atoms with van der Waals surface area (Å²) in [6.07, 6.45) is 0. The van der Waals surface area contributed by atoms with E-state index in [0.29, 0.717) is 16.9 Å². The van der Waals surface area contributed by atoms with Crippen LogP contribution in [0.15, 0.2) is 72.8 Å². The van der Waals surface area contributed by atoms with E-state index in [4.69, 9.17) is 4.74 Å². The Labute approximate surface area is 191 Å². The molecule has 33 heavy (non-hydrogen) atoms. The molecule has 170 valence electrons. The Kier molecular flexibility index (Phi) is 7.07. The molecule has 8 nitrogen and oxygen atoms in total. The highest BCUT2D eigenvalue weighted by atomic mass is 16.6. The van der Waals surface area contributed by atoms with Crippen molar-refractivity contribution in [3.05, 3.63) is 94.0 Å². The van der Waals surface area contributed by atoms with Crippen molar-refractivity contribution in [2.24, 2.45) is 0 Å². The Morgan fingerprint density at radius 3 is 2.18 bits per heavy atom. The highest BCUT2D eigenvalue weighted by Crippen LogP contribution is 2.26. The van der Waals surface area contributed by atoms with Crippen molar-refractivity contribution in [3.8, 4) is 5.75 Å². The van der Waals surface area contributed by atoms with Crippen LogP contribution in [0.1, 0.15) is 36.7 Å². The molecule has 0 aliphatic heterocycles. The van der Waals surface area contributed by atoms with Gasteiger partial charge in [-0.3, -0.25) is 19.7 Å². The maximum absolute atomic E-state index is 12.6. The molecule has 3 aromatic carbocycles. The number of benzene rings is 3. The molecule has 0 fully saturated rings. The fourth-order valence-corrected chi connectivity index (χ4v) is 3.07. The number of anilines is 2. The van der Waals surface area contributed by atoms with Gasteiger partial charge in [0.2, 0.25) is 0 Å². The van der Waals surface area contributed by atoms with E-state index in [1.165, 1.54) is 18.2 Å². The fraction of sp³-hybridized carbons (Fsp3) is 0.200. The standard InChI is InChI=1S/C25H25N3O5/c1-25(2,3)18-13-11-17(12-14-18)24(30)27-20-8-6-7-19(15-20)26-23(29)16-33-22-10-5-4-9-21(22)28(31)32/h4-15H,16H2,1-3H3,(H,26,29)(H,27,30). The average molecular weight is 447 g/mol. The van der Waals surface area contributed by atoms with Crippen LogP contribution in [0.4, 0.5) is 17.1 Å². The number of hydrogen-bond acceptors (Lipinski definition) is 5. The van der Waals surface area contributed by atoms with Gasteiger partial charge in [-0.15, -0.1) is 0 Å². The zero-order chi connectivity index (χ0) is 24.0. The van der Waals surface area contributed by atoms with E-state index in [1.807, 2.05) is 12.1 Å². The van der Waals surface area contributed by atoms with Gasteiger partial charge in [0.1, 0.15) is 0 Å². The number of nitro benzene ring substituents is 1. The van der Waals surface area contributed by atoms with Crippen LogP contribution in [-0.4, -0.2) is 23.3 Å². The maximum atomic E-state index is 12.6. The largest absolute Gasteiger partial charge is 0.477 e. The number of para-hydroxylation sites is 2. The van der Waals surface area contributed by atoms with Gasteiger partial charge in [0.05, 0.1) is 4.92 Å². The Morgan fingerprint density at radius 1 is 0.909 bits per heavy atom. The Hall–Kier alpha value is -4.20. The summed E-state index contributed by atoms with van der Waals surface area (Å²) in [6.45, 7) is 5.91. The minimum atomic E-state index is -0.573. The molecule has 0 saturated heterocycles. The number of hydrogen-bond donors (Lipinski definition) is 2. The van der Waals surface area contributed by atoms with Crippen LogP contribution >= 0.6 is 0 Å². The Balaban J connectivity index is 1.60. The van der Waals surface area contributed by atoms with Crippen molar-refractivity contribution in [3.63, 3.8) is 0 Å². The van der Waals surface area contributed by atoms with Crippen molar-refractivity contribution in [2.45, 2.75) is 26.2 Å². The SMILES string of the molecule is CC(C)(C)c1ccc(C(=O)Nc2cccc(NC(=O)COc3ccccc3[N+](=O)[O-])c2)cc1. The van der Waals surface area contributed by atoms with Crippen molar-refractivity contribution in [1.82, 2.24) is 0 Å². The summed E-state index contributed by atoms with van der Waals surface area (Å²) in [7, 11) is 0. The molecule has 2 N–H and O–H groups in total. The van der Waals surface area contributed by atoms with Gasteiger partial charge in [-0.2, -0.15) is 0 Å². The van der Waals surface area contributed by atoms with Gasteiger partial charge in [0.25, 0.3) is 11.8 Å². The number of nitro groups is 1. The third-order valence-electron chi connectivity index (χ3n) is 4.84. The molecule has 0 saturated carbocycles. The van der Waals surface area contributed by atoms with Gasteiger partial charge in [0, 0.05) is 23.0 Å². The first-order chi connectivity index (χ1) is 15.6. The molecule has 0 bridgehead atoms. The minimum Gasteiger partial charge on any atom is -0.477 e. The summed E-state index contributed by atoms with van der Waals surface area (Å²) in [5, 5.41) is 16.5. The summed E-state index contributed by atoms with van der Waals surface area (Å²) < 4.78 is 5.30. The van der Waals surface area contributed by atoms with Crippen LogP contribution in [0, 0.1) is 10.1 Å². The molecule has 3 rings (SSSR count). The fourth-order valence-electron chi connectivity index (χ4n) is 3.07. The van der Waals surface area contributed by atoms with Crippen molar-refractivity contribution in [2.75, 3.05) is 17.2 Å². The maximum Gasteiger partial charge on any atom is 0.310 e. The van der Waals surface area contributed by atoms with Gasteiger partial charge < -0.3 is 15.4 Å². The number of nitrogens with zero attached hydrogens (tertiary/aromatic N) is 1. The van der Waals surface area contributed by atoms with Crippen LogP contribution in [0.25, 0.3) is 0 Å². The zero-order valence-electron chi connectivity index (χ0n) is 18.6. The molecular formula is C25H25N3O5. The second kappa shape index (κ2) is 9.95. The summed E-state index contributed by atoms with van der Waals surface area (Å²) in [5.41, 5.74) is 2.40. The van der Waals surface area contributed by atoms with E-state index >= 15 is 0 Å². The molecule has 8 heteroatoms. The summed E-state index contributed by atoms with van der Waals surface area (Å²) >= 11 is 0. The quantitative estimate of drug-likeness (QED) is 0.384. The zero-order valence-corrected chi connectivity index (χ0v) is 18.6. The second-order valence-corrected chi connectivity index (χ2v) is 8.42. The van der Waals surface area contributed by atoms with Crippen LogP contribution < -0.4 is 15.4 Å². The Bertz CT molecular complexity index is 1170. The lowest BCUT2D eigenvalue weighted by Gasteiger charge is -2.19.